The van der Waals surface area contributed by atoms with Crippen LogP contribution >= 0.6 is 0 Å². The maximum atomic E-state index is 12.9. The van der Waals surface area contributed by atoms with Crippen LogP contribution in [0.3, 0.4) is 0 Å². The summed E-state index contributed by atoms with van der Waals surface area (Å²) < 4.78 is 5.23. The molecule has 0 amide bonds. The molecule has 4 nitrogen and oxygen atoms in total. The number of Topliss-reactive ketones (excluding diaryl/α,β-unsaturated/α-hetero) is 1. The van der Waals surface area contributed by atoms with E-state index in [2.05, 4.69) is 6.07 Å². The number of hydrogen-bond acceptors (Lipinski definition) is 4. The highest BCUT2D eigenvalue weighted by Gasteiger charge is 2.58. The summed E-state index contributed by atoms with van der Waals surface area (Å²) in [7, 11) is 0. The Morgan fingerprint density at radius 3 is 2.38 bits per heavy atom. The smallest absolute Gasteiger partial charge is 0.331 e. The third kappa shape index (κ3) is 2.93. The average Bonchev–Trinajstić information content (AvgIpc) is 2.96. The summed E-state index contributed by atoms with van der Waals surface area (Å²) in [4.78, 5) is 25.7. The van der Waals surface area contributed by atoms with Crippen LogP contribution in [0, 0.1) is 16.7 Å². The molecule has 3 rings (SSSR count). The van der Waals surface area contributed by atoms with E-state index >= 15 is 0 Å². The van der Waals surface area contributed by atoms with Gasteiger partial charge in [-0.1, -0.05) is 60.7 Å². The standard InChI is InChI=1S/C22H19NO3/c1-2-26-21(25)22(15-23)18(17-11-7-4-8-12-17)14-20(24)19(22)13-16-9-5-3-6-10-16/h3-13,18H,2,14H2,1H3/b19-13+. The first-order valence-electron chi connectivity index (χ1n) is 8.57. The lowest BCUT2D eigenvalue weighted by atomic mass is 9.73. The van der Waals surface area contributed by atoms with Gasteiger partial charge < -0.3 is 4.74 Å². The van der Waals surface area contributed by atoms with Gasteiger partial charge in [-0.3, -0.25) is 4.79 Å². The first kappa shape index (κ1) is 17.6. The largest absolute Gasteiger partial charge is 0.465 e. The van der Waals surface area contributed by atoms with E-state index in [1.807, 2.05) is 60.7 Å². The number of carbonyl (C=O) groups excluding carboxylic acids is 2. The Labute approximate surface area is 152 Å². The summed E-state index contributed by atoms with van der Waals surface area (Å²) in [6, 6.07) is 20.6. The van der Waals surface area contributed by atoms with Crippen LogP contribution in [0.2, 0.25) is 0 Å². The van der Waals surface area contributed by atoms with Crippen molar-refractivity contribution >= 4 is 17.8 Å². The molecule has 2 aromatic carbocycles. The Hall–Kier alpha value is -3.19. The van der Waals surface area contributed by atoms with E-state index in [0.717, 1.165) is 11.1 Å². The first-order chi connectivity index (χ1) is 12.6. The lowest BCUT2D eigenvalue weighted by molar-refractivity contribution is -0.150. The van der Waals surface area contributed by atoms with Gasteiger partial charge in [-0.05, 0) is 24.1 Å². The van der Waals surface area contributed by atoms with Crippen molar-refractivity contribution in [3.05, 3.63) is 77.4 Å². The molecule has 0 heterocycles. The zero-order chi connectivity index (χ0) is 18.6. The first-order valence-corrected chi connectivity index (χ1v) is 8.57. The quantitative estimate of drug-likeness (QED) is 0.622. The third-order valence-corrected chi connectivity index (χ3v) is 4.72. The number of ether oxygens (including phenoxy) is 1. The van der Waals surface area contributed by atoms with Gasteiger partial charge in [0.1, 0.15) is 0 Å². The SMILES string of the molecule is CCOC(=O)C1(C#N)/C(=C/c2ccccc2)C(=O)CC1c1ccccc1. The maximum Gasteiger partial charge on any atom is 0.331 e. The summed E-state index contributed by atoms with van der Waals surface area (Å²) in [5.41, 5.74) is 0.128. The molecule has 0 saturated heterocycles. The molecule has 2 atom stereocenters. The molecule has 26 heavy (non-hydrogen) atoms. The van der Waals surface area contributed by atoms with Gasteiger partial charge in [0.05, 0.1) is 12.7 Å². The molecule has 0 radical (unpaired) electrons. The fraction of sp³-hybridized carbons (Fsp3) is 0.227. The number of nitriles is 1. The molecule has 2 aromatic rings. The number of ketones is 1. The number of esters is 1. The fourth-order valence-corrected chi connectivity index (χ4v) is 3.50. The molecular weight excluding hydrogens is 326 g/mol. The predicted octanol–water partition coefficient (Wildman–Crippen LogP) is 3.90. The monoisotopic (exact) mass is 345 g/mol. The van der Waals surface area contributed by atoms with E-state index in [0.29, 0.717) is 0 Å². The van der Waals surface area contributed by atoms with E-state index in [1.165, 1.54) is 0 Å². The summed E-state index contributed by atoms with van der Waals surface area (Å²) in [6.07, 6.45) is 1.75. The van der Waals surface area contributed by atoms with Crippen LogP contribution in [0.5, 0.6) is 0 Å². The predicted molar refractivity (Wildman–Crippen MR) is 97.9 cm³/mol. The van der Waals surface area contributed by atoms with Crippen LogP contribution in [0.25, 0.3) is 6.08 Å². The molecule has 0 bridgehead atoms. The molecule has 130 valence electrons. The fourth-order valence-electron chi connectivity index (χ4n) is 3.50. The second-order valence-corrected chi connectivity index (χ2v) is 6.20. The van der Waals surface area contributed by atoms with E-state index in [4.69, 9.17) is 4.74 Å². The van der Waals surface area contributed by atoms with Crippen LogP contribution in [0.1, 0.15) is 30.4 Å². The van der Waals surface area contributed by atoms with Gasteiger partial charge in [0.2, 0.25) is 0 Å². The van der Waals surface area contributed by atoms with Crippen LogP contribution in [0.4, 0.5) is 0 Å². The zero-order valence-electron chi connectivity index (χ0n) is 14.5. The van der Waals surface area contributed by atoms with Gasteiger partial charge in [-0.2, -0.15) is 5.26 Å². The maximum absolute atomic E-state index is 12.9. The van der Waals surface area contributed by atoms with Gasteiger partial charge in [0.15, 0.2) is 11.2 Å². The number of carbonyl (C=O) groups is 2. The van der Waals surface area contributed by atoms with Gasteiger partial charge in [-0.25, -0.2) is 4.79 Å². The number of hydrogen-bond donors (Lipinski definition) is 0. The van der Waals surface area contributed by atoms with Crippen molar-refractivity contribution < 1.29 is 14.3 Å². The number of rotatable bonds is 4. The van der Waals surface area contributed by atoms with E-state index in [1.54, 1.807) is 13.0 Å². The highest BCUT2D eigenvalue weighted by molar-refractivity contribution is 6.12. The van der Waals surface area contributed by atoms with Crippen LogP contribution < -0.4 is 0 Å². The van der Waals surface area contributed by atoms with Crippen molar-refractivity contribution in [2.24, 2.45) is 5.41 Å². The molecule has 0 spiro atoms. The Kier molecular flexibility index (Phi) is 4.99. The molecular formula is C22H19NO3. The molecule has 1 fully saturated rings. The molecule has 0 aromatic heterocycles. The van der Waals surface area contributed by atoms with Crippen LogP contribution in [-0.2, 0) is 14.3 Å². The van der Waals surface area contributed by atoms with Crippen molar-refractivity contribution in [3.8, 4) is 6.07 Å². The van der Waals surface area contributed by atoms with Crippen molar-refractivity contribution in [2.45, 2.75) is 19.3 Å². The summed E-state index contributed by atoms with van der Waals surface area (Å²) >= 11 is 0. The highest BCUT2D eigenvalue weighted by atomic mass is 16.5. The normalized spacial score (nSPS) is 23.6. The van der Waals surface area contributed by atoms with E-state index < -0.39 is 17.3 Å². The van der Waals surface area contributed by atoms with Crippen molar-refractivity contribution in [3.63, 3.8) is 0 Å². The van der Waals surface area contributed by atoms with Crippen molar-refractivity contribution in [1.29, 1.82) is 5.26 Å². The zero-order valence-corrected chi connectivity index (χ0v) is 14.5. The third-order valence-electron chi connectivity index (χ3n) is 4.72. The lowest BCUT2D eigenvalue weighted by Crippen LogP contribution is -2.36. The van der Waals surface area contributed by atoms with Gasteiger partial charge in [0.25, 0.3) is 0 Å². The summed E-state index contributed by atoms with van der Waals surface area (Å²) in [5.74, 6) is -1.42. The molecule has 2 unspecified atom stereocenters. The minimum absolute atomic E-state index is 0.106. The van der Waals surface area contributed by atoms with Gasteiger partial charge in [-0.15, -0.1) is 0 Å². The Morgan fingerprint density at radius 2 is 1.81 bits per heavy atom. The highest BCUT2D eigenvalue weighted by Crippen LogP contribution is 2.52. The number of benzene rings is 2. The van der Waals surface area contributed by atoms with Gasteiger partial charge >= 0.3 is 5.97 Å². The lowest BCUT2D eigenvalue weighted by Gasteiger charge is -2.27. The molecule has 0 aliphatic heterocycles. The number of nitrogens with zero attached hydrogens (tertiary/aromatic N) is 1. The summed E-state index contributed by atoms with van der Waals surface area (Å²) in [6.45, 7) is 1.84. The van der Waals surface area contributed by atoms with Crippen molar-refractivity contribution in [1.82, 2.24) is 0 Å². The Morgan fingerprint density at radius 1 is 1.19 bits per heavy atom. The molecule has 4 heteroatoms. The van der Waals surface area contributed by atoms with Crippen molar-refractivity contribution in [2.75, 3.05) is 6.61 Å². The molecule has 1 saturated carbocycles. The summed E-state index contributed by atoms with van der Waals surface area (Å²) in [5, 5.41) is 10.1. The Bertz CT molecular complexity index is 881. The Balaban J connectivity index is 2.19. The van der Waals surface area contributed by atoms with Crippen LogP contribution in [-0.4, -0.2) is 18.4 Å². The average molecular weight is 345 g/mol. The van der Waals surface area contributed by atoms with Crippen LogP contribution in [0.15, 0.2) is 66.2 Å². The molecule has 0 N–H and O–H groups in total. The second-order valence-electron chi connectivity index (χ2n) is 6.20. The minimum Gasteiger partial charge on any atom is -0.465 e. The minimum atomic E-state index is -1.63. The van der Waals surface area contributed by atoms with Gasteiger partial charge in [0, 0.05) is 17.9 Å². The van der Waals surface area contributed by atoms with E-state index in [-0.39, 0.29) is 24.4 Å². The molecule has 1 aliphatic rings. The molecule has 1 aliphatic carbocycles. The topological polar surface area (TPSA) is 67.2 Å². The van der Waals surface area contributed by atoms with E-state index in [9.17, 15) is 14.9 Å². The second kappa shape index (κ2) is 7.37.